The highest BCUT2D eigenvalue weighted by atomic mass is 15.3. The number of nitrogens with zero attached hydrogens (tertiary/aromatic N) is 3. The molecule has 1 aromatic carbocycles. The molecule has 0 N–H and O–H groups in total. The molecular weight excluding hydrogens is 174 g/mol. The van der Waals surface area contributed by atoms with Crippen LogP contribution in [0.25, 0.3) is 10.9 Å². The summed E-state index contributed by atoms with van der Waals surface area (Å²) in [4.78, 5) is 0. The summed E-state index contributed by atoms with van der Waals surface area (Å²) in [5.74, 6) is 0. The van der Waals surface area contributed by atoms with Crippen molar-refractivity contribution in [1.29, 1.82) is 5.26 Å². The topological polar surface area (TPSA) is 41.6 Å². The van der Waals surface area contributed by atoms with Gasteiger partial charge in [0.05, 0.1) is 30.2 Å². The molecule has 0 saturated carbocycles. The number of hydrogen-bond acceptors (Lipinski definition) is 2. The van der Waals surface area contributed by atoms with E-state index in [0.717, 1.165) is 10.9 Å². The van der Waals surface area contributed by atoms with E-state index in [1.54, 1.807) is 0 Å². The molecule has 0 amide bonds. The number of fused-ring (bicyclic) bond motifs is 1. The average molecular weight is 185 g/mol. The number of rotatable bonds is 2. The zero-order valence-electron chi connectivity index (χ0n) is 8.01. The number of benzene rings is 1. The SMILES string of the molecule is CC(CC#N)n1ncc2ccccc21. The molecule has 0 spiro atoms. The van der Waals surface area contributed by atoms with Crippen LogP contribution in [0.4, 0.5) is 0 Å². The second kappa shape index (κ2) is 3.51. The van der Waals surface area contributed by atoms with Crippen LogP contribution >= 0.6 is 0 Å². The van der Waals surface area contributed by atoms with Crippen LogP contribution < -0.4 is 0 Å². The van der Waals surface area contributed by atoms with E-state index in [-0.39, 0.29) is 6.04 Å². The normalized spacial score (nSPS) is 12.6. The summed E-state index contributed by atoms with van der Waals surface area (Å²) in [5, 5.41) is 14.0. The third kappa shape index (κ3) is 1.35. The first kappa shape index (κ1) is 8.76. The number of nitriles is 1. The zero-order chi connectivity index (χ0) is 9.97. The molecule has 1 aromatic heterocycles. The molecule has 70 valence electrons. The molecular formula is C11H11N3. The summed E-state index contributed by atoms with van der Waals surface area (Å²) in [6.45, 7) is 2.00. The van der Waals surface area contributed by atoms with Crippen LogP contribution in [0.1, 0.15) is 19.4 Å². The summed E-state index contributed by atoms with van der Waals surface area (Å²) < 4.78 is 1.90. The summed E-state index contributed by atoms with van der Waals surface area (Å²) in [7, 11) is 0. The van der Waals surface area contributed by atoms with Crippen LogP contribution in [0.2, 0.25) is 0 Å². The van der Waals surface area contributed by atoms with Gasteiger partial charge in [-0.05, 0) is 13.0 Å². The van der Waals surface area contributed by atoms with Crippen molar-refractivity contribution in [3.8, 4) is 6.07 Å². The summed E-state index contributed by atoms with van der Waals surface area (Å²) in [6, 6.07) is 10.3. The van der Waals surface area contributed by atoms with E-state index < -0.39 is 0 Å². The van der Waals surface area contributed by atoms with Crippen LogP contribution in [0.15, 0.2) is 30.5 Å². The van der Waals surface area contributed by atoms with Gasteiger partial charge in [-0.3, -0.25) is 4.68 Å². The van der Waals surface area contributed by atoms with E-state index in [1.165, 1.54) is 0 Å². The van der Waals surface area contributed by atoms with Crippen molar-refractivity contribution < 1.29 is 0 Å². The van der Waals surface area contributed by atoms with E-state index in [0.29, 0.717) is 6.42 Å². The Morgan fingerprint density at radius 3 is 3.07 bits per heavy atom. The lowest BCUT2D eigenvalue weighted by Gasteiger charge is -2.08. The third-order valence-corrected chi connectivity index (χ3v) is 2.31. The summed E-state index contributed by atoms with van der Waals surface area (Å²) >= 11 is 0. The lowest BCUT2D eigenvalue weighted by molar-refractivity contribution is 0.517. The average Bonchev–Trinajstić information content (AvgIpc) is 2.61. The molecule has 2 aromatic rings. The first-order valence-electron chi connectivity index (χ1n) is 4.62. The van der Waals surface area contributed by atoms with Gasteiger partial charge in [0.2, 0.25) is 0 Å². The third-order valence-electron chi connectivity index (χ3n) is 2.31. The molecule has 0 fully saturated rings. The summed E-state index contributed by atoms with van der Waals surface area (Å²) in [6.07, 6.45) is 2.33. The van der Waals surface area contributed by atoms with Gasteiger partial charge in [-0.1, -0.05) is 18.2 Å². The van der Waals surface area contributed by atoms with E-state index >= 15 is 0 Å². The Morgan fingerprint density at radius 2 is 2.29 bits per heavy atom. The van der Waals surface area contributed by atoms with E-state index in [4.69, 9.17) is 5.26 Å². The van der Waals surface area contributed by atoms with Gasteiger partial charge in [0.25, 0.3) is 0 Å². The second-order valence-electron chi connectivity index (χ2n) is 3.36. The molecule has 3 heteroatoms. The Hall–Kier alpha value is -1.82. The monoisotopic (exact) mass is 185 g/mol. The van der Waals surface area contributed by atoms with Gasteiger partial charge in [-0.2, -0.15) is 10.4 Å². The highest BCUT2D eigenvalue weighted by Crippen LogP contribution is 2.18. The highest BCUT2D eigenvalue weighted by Gasteiger charge is 2.08. The van der Waals surface area contributed by atoms with Crippen LogP contribution in [-0.2, 0) is 0 Å². The predicted octanol–water partition coefficient (Wildman–Crippen LogP) is 2.51. The van der Waals surface area contributed by atoms with Crippen LogP contribution in [0.3, 0.4) is 0 Å². The fourth-order valence-electron chi connectivity index (χ4n) is 1.56. The minimum absolute atomic E-state index is 0.139. The van der Waals surface area contributed by atoms with Gasteiger partial charge >= 0.3 is 0 Å². The van der Waals surface area contributed by atoms with Crippen molar-refractivity contribution >= 4 is 10.9 Å². The quantitative estimate of drug-likeness (QED) is 0.721. The maximum Gasteiger partial charge on any atom is 0.0685 e. The molecule has 1 heterocycles. The van der Waals surface area contributed by atoms with Crippen LogP contribution in [0, 0.1) is 11.3 Å². The number of hydrogen-bond donors (Lipinski definition) is 0. The fourth-order valence-corrected chi connectivity index (χ4v) is 1.56. The van der Waals surface area contributed by atoms with Crippen molar-refractivity contribution in [1.82, 2.24) is 9.78 Å². The van der Waals surface area contributed by atoms with Crippen molar-refractivity contribution in [3.63, 3.8) is 0 Å². The molecule has 0 aliphatic carbocycles. The van der Waals surface area contributed by atoms with Crippen molar-refractivity contribution in [2.45, 2.75) is 19.4 Å². The molecule has 0 saturated heterocycles. The molecule has 2 rings (SSSR count). The molecule has 0 aliphatic rings. The Kier molecular flexibility index (Phi) is 2.19. The van der Waals surface area contributed by atoms with Crippen molar-refractivity contribution in [2.24, 2.45) is 0 Å². The van der Waals surface area contributed by atoms with Gasteiger partial charge in [-0.15, -0.1) is 0 Å². The first-order chi connectivity index (χ1) is 6.83. The largest absolute Gasteiger partial charge is 0.261 e. The van der Waals surface area contributed by atoms with Crippen LogP contribution in [-0.4, -0.2) is 9.78 Å². The van der Waals surface area contributed by atoms with Crippen molar-refractivity contribution in [3.05, 3.63) is 30.5 Å². The molecule has 3 nitrogen and oxygen atoms in total. The van der Waals surface area contributed by atoms with E-state index in [1.807, 2.05) is 42.1 Å². The molecule has 1 unspecified atom stereocenters. The predicted molar refractivity (Wildman–Crippen MR) is 54.7 cm³/mol. The maximum atomic E-state index is 8.62. The zero-order valence-corrected chi connectivity index (χ0v) is 8.01. The first-order valence-corrected chi connectivity index (χ1v) is 4.62. The van der Waals surface area contributed by atoms with Crippen molar-refractivity contribution in [2.75, 3.05) is 0 Å². The molecule has 1 atom stereocenters. The molecule has 0 radical (unpaired) electrons. The Labute approximate surface area is 82.6 Å². The Balaban J connectivity index is 2.48. The van der Waals surface area contributed by atoms with Crippen LogP contribution in [0.5, 0.6) is 0 Å². The van der Waals surface area contributed by atoms with Gasteiger partial charge in [-0.25, -0.2) is 0 Å². The lowest BCUT2D eigenvalue weighted by atomic mass is 10.2. The smallest absolute Gasteiger partial charge is 0.0685 e. The molecule has 0 bridgehead atoms. The number of aromatic nitrogens is 2. The highest BCUT2D eigenvalue weighted by molar-refractivity contribution is 5.78. The van der Waals surface area contributed by atoms with Gasteiger partial charge < -0.3 is 0 Å². The second-order valence-corrected chi connectivity index (χ2v) is 3.36. The minimum Gasteiger partial charge on any atom is -0.261 e. The fraction of sp³-hybridized carbons (Fsp3) is 0.273. The summed E-state index contributed by atoms with van der Waals surface area (Å²) in [5.41, 5.74) is 1.09. The number of para-hydroxylation sites is 1. The van der Waals surface area contributed by atoms with E-state index in [9.17, 15) is 0 Å². The maximum absolute atomic E-state index is 8.62. The lowest BCUT2D eigenvalue weighted by Crippen LogP contribution is -2.05. The molecule has 0 aliphatic heterocycles. The Morgan fingerprint density at radius 1 is 1.50 bits per heavy atom. The van der Waals surface area contributed by atoms with E-state index in [2.05, 4.69) is 11.2 Å². The van der Waals surface area contributed by atoms with Gasteiger partial charge in [0, 0.05) is 5.39 Å². The van der Waals surface area contributed by atoms with Gasteiger partial charge in [0.1, 0.15) is 0 Å². The molecule has 14 heavy (non-hydrogen) atoms. The minimum atomic E-state index is 0.139. The Bertz CT molecular complexity index is 478. The standard InChI is InChI=1S/C11H11N3/c1-9(6-7-12)14-11-5-3-2-4-10(11)8-13-14/h2-5,8-9H,6H2,1H3. The van der Waals surface area contributed by atoms with Gasteiger partial charge in [0.15, 0.2) is 0 Å².